The van der Waals surface area contributed by atoms with Crippen molar-refractivity contribution in [2.75, 3.05) is 6.54 Å². The first kappa shape index (κ1) is 39.2. The van der Waals surface area contributed by atoms with Crippen LogP contribution in [0.1, 0.15) is 156 Å². The van der Waals surface area contributed by atoms with Gasteiger partial charge in [-0.3, -0.25) is 13.9 Å². The molecular weight excluding hydrogens is 500 g/mol. The molecule has 0 aromatic rings. The zero-order valence-corrected chi connectivity index (χ0v) is 25.8. The van der Waals surface area contributed by atoms with Crippen molar-refractivity contribution < 1.29 is 22.3 Å². The van der Waals surface area contributed by atoms with Gasteiger partial charge in [0.25, 0.3) is 0 Å². The predicted molar refractivity (Wildman–Crippen MR) is 162 cm³/mol. The van der Waals surface area contributed by atoms with Crippen LogP contribution in [-0.4, -0.2) is 35.5 Å². The maximum atomic E-state index is 12.2. The summed E-state index contributed by atoms with van der Waals surface area (Å²) in [6.45, 7) is 11.4. The third-order valence-corrected chi connectivity index (χ3v) is 7.48. The lowest BCUT2D eigenvalue weighted by Gasteiger charge is -2.37. The van der Waals surface area contributed by atoms with E-state index in [0.29, 0.717) is 12.3 Å². The summed E-state index contributed by atoms with van der Waals surface area (Å²) in [5, 5.41) is 3.12. The first-order valence-electron chi connectivity index (χ1n) is 15.4. The Morgan fingerprint density at radius 1 is 0.842 bits per heavy atom. The minimum atomic E-state index is -4.67. The molecule has 0 fully saturated rings. The Bertz CT molecular complexity index is 649. The molecule has 1 amide bonds. The second-order valence-corrected chi connectivity index (χ2v) is 11.7. The van der Waals surface area contributed by atoms with Crippen molar-refractivity contribution in [3.63, 3.8) is 0 Å². The molecule has 0 spiro atoms. The van der Waals surface area contributed by atoms with Gasteiger partial charge in [-0.05, 0) is 44.4 Å². The fourth-order valence-electron chi connectivity index (χ4n) is 5.00. The van der Waals surface area contributed by atoms with Crippen molar-refractivity contribution in [1.29, 1.82) is 0 Å². The summed E-state index contributed by atoms with van der Waals surface area (Å²) in [5.74, 6) is 0.715. The topological polar surface area (TPSA) is 130 Å². The first-order valence-corrected chi connectivity index (χ1v) is 16.8. The highest BCUT2D eigenvalue weighted by Gasteiger charge is 2.31. The number of carbonyl (C=O) groups excluding carboxylic acids is 1. The summed E-state index contributed by atoms with van der Waals surface area (Å²) in [5.41, 5.74) is 6.68. The van der Waals surface area contributed by atoms with E-state index in [-0.39, 0.29) is 11.4 Å². The van der Waals surface area contributed by atoms with E-state index in [4.69, 9.17) is 23.3 Å². The number of rotatable bonds is 25. The second-order valence-electron chi connectivity index (χ2n) is 10.8. The molecule has 0 aliphatic heterocycles. The van der Waals surface area contributed by atoms with Crippen LogP contribution in [0.3, 0.4) is 0 Å². The van der Waals surface area contributed by atoms with Crippen molar-refractivity contribution in [2.24, 2.45) is 11.7 Å². The minimum absolute atomic E-state index is 0.136. The van der Waals surface area contributed by atoms with E-state index in [2.05, 4.69) is 32.7 Å². The van der Waals surface area contributed by atoms with Crippen LogP contribution in [0.5, 0.6) is 0 Å². The van der Waals surface area contributed by atoms with Gasteiger partial charge in [0, 0.05) is 18.5 Å². The van der Waals surface area contributed by atoms with E-state index >= 15 is 0 Å². The monoisotopic (exact) mass is 562 g/mol. The Labute approximate surface area is 235 Å². The number of unbranched alkanes of at least 4 members (excludes halogenated alkanes) is 13. The minimum Gasteiger partial charge on any atom is -0.356 e. The summed E-state index contributed by atoms with van der Waals surface area (Å²) >= 11 is 0. The maximum absolute atomic E-state index is 12.2. The van der Waals surface area contributed by atoms with Crippen LogP contribution in [-0.2, 0) is 15.2 Å². The third-order valence-electron chi connectivity index (χ3n) is 7.48. The van der Waals surface area contributed by atoms with Gasteiger partial charge in [0.05, 0.1) is 0 Å². The highest BCUT2D eigenvalue weighted by Crippen LogP contribution is 2.31. The molecule has 0 aliphatic rings. The van der Waals surface area contributed by atoms with Gasteiger partial charge in [0.2, 0.25) is 5.91 Å². The SMILES string of the molecule is C=CCC(CCCC)C(N)(CC)CCCNC(=O)CCCCCCCCCCCCCCC.O=S(=O)(O)O. The zero-order valence-electron chi connectivity index (χ0n) is 25.0. The summed E-state index contributed by atoms with van der Waals surface area (Å²) in [6.07, 6.45) is 27.7. The van der Waals surface area contributed by atoms with Crippen LogP contribution in [0.4, 0.5) is 0 Å². The Kier molecular flexibility index (Phi) is 27.1. The molecule has 2 atom stereocenters. The van der Waals surface area contributed by atoms with E-state index in [0.717, 1.165) is 38.6 Å². The number of carbonyl (C=O) groups is 1. The lowest BCUT2D eigenvalue weighted by molar-refractivity contribution is -0.121. The van der Waals surface area contributed by atoms with E-state index in [1.165, 1.54) is 96.3 Å². The molecule has 0 aliphatic carbocycles. The molecule has 0 radical (unpaired) electrons. The van der Waals surface area contributed by atoms with Crippen LogP contribution in [0.15, 0.2) is 12.7 Å². The molecule has 0 heterocycles. The molecule has 228 valence electrons. The smallest absolute Gasteiger partial charge is 0.356 e. The third kappa shape index (κ3) is 28.1. The zero-order chi connectivity index (χ0) is 29.1. The average molecular weight is 563 g/mol. The van der Waals surface area contributed by atoms with Gasteiger partial charge in [0.1, 0.15) is 0 Å². The van der Waals surface area contributed by atoms with Gasteiger partial charge < -0.3 is 11.1 Å². The molecule has 0 rings (SSSR count). The maximum Gasteiger partial charge on any atom is 0.394 e. The molecule has 0 saturated carbocycles. The normalized spacial score (nSPS) is 13.7. The fourth-order valence-corrected chi connectivity index (χ4v) is 5.00. The molecular formula is C30H62N2O5S. The van der Waals surface area contributed by atoms with E-state index in [9.17, 15) is 4.79 Å². The molecule has 0 aromatic carbocycles. The van der Waals surface area contributed by atoms with Gasteiger partial charge in [-0.25, -0.2) is 0 Å². The molecule has 0 saturated heterocycles. The van der Waals surface area contributed by atoms with Crippen LogP contribution < -0.4 is 11.1 Å². The van der Waals surface area contributed by atoms with Gasteiger partial charge in [-0.15, -0.1) is 6.58 Å². The summed E-state index contributed by atoms with van der Waals surface area (Å²) in [6, 6.07) is 0. The van der Waals surface area contributed by atoms with E-state index < -0.39 is 10.4 Å². The van der Waals surface area contributed by atoms with Crippen LogP contribution in [0, 0.1) is 5.92 Å². The highest BCUT2D eigenvalue weighted by molar-refractivity contribution is 7.79. The second kappa shape index (κ2) is 26.3. The van der Waals surface area contributed by atoms with Crippen molar-refractivity contribution in [1.82, 2.24) is 5.32 Å². The molecule has 0 aromatic heterocycles. The number of hydrogen-bond acceptors (Lipinski definition) is 4. The van der Waals surface area contributed by atoms with Gasteiger partial charge >= 0.3 is 10.4 Å². The number of amides is 1. The van der Waals surface area contributed by atoms with Crippen LogP contribution in [0.25, 0.3) is 0 Å². The van der Waals surface area contributed by atoms with Gasteiger partial charge in [0.15, 0.2) is 0 Å². The summed E-state index contributed by atoms with van der Waals surface area (Å²) in [7, 11) is -4.67. The number of nitrogens with two attached hydrogens (primary N) is 1. The average Bonchev–Trinajstić information content (AvgIpc) is 2.86. The van der Waals surface area contributed by atoms with Crippen molar-refractivity contribution in [2.45, 2.75) is 161 Å². The number of allylic oxidation sites excluding steroid dienone is 1. The Hall–Kier alpha value is -0.960. The van der Waals surface area contributed by atoms with E-state index in [1.807, 2.05) is 6.08 Å². The Balaban J connectivity index is 0. The molecule has 7 nitrogen and oxygen atoms in total. The molecule has 5 N–H and O–H groups in total. The quantitative estimate of drug-likeness (QED) is 0.0504. The molecule has 38 heavy (non-hydrogen) atoms. The summed E-state index contributed by atoms with van der Waals surface area (Å²) in [4.78, 5) is 12.2. The number of hydrogen-bond donors (Lipinski definition) is 4. The molecule has 0 bridgehead atoms. The fraction of sp³-hybridized carbons (Fsp3) is 0.900. The van der Waals surface area contributed by atoms with Gasteiger partial charge in [-0.1, -0.05) is 117 Å². The number of nitrogens with one attached hydrogen (secondary N) is 1. The predicted octanol–water partition coefficient (Wildman–Crippen LogP) is 8.20. The highest BCUT2D eigenvalue weighted by atomic mass is 32.3. The van der Waals surface area contributed by atoms with Crippen molar-refractivity contribution >= 4 is 16.3 Å². The van der Waals surface area contributed by atoms with Crippen molar-refractivity contribution in [3.8, 4) is 0 Å². The van der Waals surface area contributed by atoms with Gasteiger partial charge in [-0.2, -0.15) is 8.42 Å². The van der Waals surface area contributed by atoms with Crippen LogP contribution >= 0.6 is 0 Å². The lowest BCUT2D eigenvalue weighted by Crippen LogP contribution is -2.47. The Morgan fingerprint density at radius 3 is 1.71 bits per heavy atom. The standard InChI is InChI=1S/C30H60N2O.H2O4S/c1-5-9-11-12-13-14-15-16-17-18-19-20-21-25-29(33)32-27-22-26-30(31,8-4)28(23-7-3)24-10-6-2;1-5(2,3)4/h7,28H,3,5-6,8-27,31H2,1-2,4H3,(H,32,33);(H2,1,2,3,4). The van der Waals surface area contributed by atoms with Crippen LogP contribution in [0.2, 0.25) is 0 Å². The van der Waals surface area contributed by atoms with Crippen molar-refractivity contribution in [3.05, 3.63) is 12.7 Å². The summed E-state index contributed by atoms with van der Waals surface area (Å²) < 4.78 is 31.6. The molecule has 8 heteroatoms. The first-order chi connectivity index (χ1) is 18.0. The Morgan fingerprint density at radius 2 is 1.29 bits per heavy atom. The van der Waals surface area contributed by atoms with E-state index in [1.54, 1.807) is 0 Å². The lowest BCUT2D eigenvalue weighted by atomic mass is 9.74. The largest absolute Gasteiger partial charge is 0.394 e. The molecule has 2 unspecified atom stereocenters.